The van der Waals surface area contributed by atoms with Crippen LogP contribution in [0.4, 0.5) is 13.6 Å². The lowest BCUT2D eigenvalue weighted by molar-refractivity contribution is 0.0283. The van der Waals surface area contributed by atoms with Gasteiger partial charge in [-0.1, -0.05) is 22.9 Å². The van der Waals surface area contributed by atoms with Gasteiger partial charge in [-0.2, -0.15) is 0 Å². The minimum atomic E-state index is -0.725. The zero-order valence-electron chi connectivity index (χ0n) is 15.7. The summed E-state index contributed by atoms with van der Waals surface area (Å²) in [4.78, 5) is 13.8. The summed E-state index contributed by atoms with van der Waals surface area (Å²) in [5.74, 6) is -1.58. The Kier molecular flexibility index (Phi) is 6.88. The van der Waals surface area contributed by atoms with Gasteiger partial charge in [0.25, 0.3) is 0 Å². The summed E-state index contributed by atoms with van der Waals surface area (Å²) in [7, 11) is 0. The number of rotatable bonds is 5. The number of amides is 1. The van der Waals surface area contributed by atoms with E-state index in [4.69, 9.17) is 9.47 Å². The fourth-order valence-corrected chi connectivity index (χ4v) is 3.40. The monoisotopic (exact) mass is 433 g/mol. The molecule has 7 heteroatoms. The predicted octanol–water partition coefficient (Wildman–Crippen LogP) is 5.53. The minimum absolute atomic E-state index is 0.217. The summed E-state index contributed by atoms with van der Waals surface area (Å²) in [6, 6.07) is 2.37. The van der Waals surface area contributed by atoms with E-state index in [1.54, 1.807) is 4.90 Å². The van der Waals surface area contributed by atoms with Crippen molar-refractivity contribution in [2.75, 3.05) is 13.1 Å². The van der Waals surface area contributed by atoms with Gasteiger partial charge in [0.05, 0.1) is 6.10 Å². The Morgan fingerprint density at radius 3 is 2.50 bits per heavy atom. The van der Waals surface area contributed by atoms with Crippen LogP contribution in [0, 0.1) is 17.6 Å². The van der Waals surface area contributed by atoms with Crippen LogP contribution in [0.1, 0.15) is 47.0 Å². The smallest absolute Gasteiger partial charge is 0.410 e. The molecule has 1 saturated heterocycles. The molecule has 0 N–H and O–H groups in total. The first-order valence-corrected chi connectivity index (χ1v) is 9.67. The van der Waals surface area contributed by atoms with Gasteiger partial charge in [0, 0.05) is 17.6 Å². The maximum atomic E-state index is 14.0. The maximum Gasteiger partial charge on any atom is 0.410 e. The first-order chi connectivity index (χ1) is 12.1. The second kappa shape index (κ2) is 8.55. The molecule has 1 amide bonds. The molecule has 146 valence electrons. The molecule has 1 aliphatic rings. The summed E-state index contributed by atoms with van der Waals surface area (Å²) in [5, 5.41) is 0. The first kappa shape index (κ1) is 20.9. The van der Waals surface area contributed by atoms with Crippen LogP contribution < -0.4 is 4.74 Å². The van der Waals surface area contributed by atoms with E-state index >= 15 is 0 Å². The number of hydrogen-bond donors (Lipinski definition) is 0. The van der Waals surface area contributed by atoms with Crippen molar-refractivity contribution < 1.29 is 23.0 Å². The number of hydrogen-bond acceptors (Lipinski definition) is 3. The van der Waals surface area contributed by atoms with Crippen molar-refractivity contribution in [3.05, 3.63) is 28.2 Å². The van der Waals surface area contributed by atoms with Gasteiger partial charge in [-0.15, -0.1) is 0 Å². The number of benzene rings is 1. The Hall–Kier alpha value is -1.37. The lowest BCUT2D eigenvalue weighted by atomic mass is 9.99. The van der Waals surface area contributed by atoms with Crippen molar-refractivity contribution in [2.24, 2.45) is 5.92 Å². The van der Waals surface area contributed by atoms with E-state index in [9.17, 15) is 13.6 Å². The van der Waals surface area contributed by atoms with Crippen molar-refractivity contribution in [2.45, 2.75) is 58.7 Å². The number of likely N-dealkylation sites (tertiary alicyclic amines) is 1. The van der Waals surface area contributed by atoms with E-state index in [1.807, 2.05) is 27.7 Å². The Morgan fingerprint density at radius 1 is 1.35 bits per heavy atom. The van der Waals surface area contributed by atoms with Crippen molar-refractivity contribution in [3.8, 4) is 5.75 Å². The number of nitrogens with zero attached hydrogens (tertiary/aromatic N) is 1. The zero-order chi connectivity index (χ0) is 19.5. The minimum Gasteiger partial charge on any atom is -0.484 e. The normalized spacial score (nSPS) is 18.7. The van der Waals surface area contributed by atoms with Gasteiger partial charge in [0.2, 0.25) is 0 Å². The van der Waals surface area contributed by atoms with Crippen LogP contribution >= 0.6 is 15.9 Å². The molecule has 2 unspecified atom stereocenters. The number of ether oxygens (including phenoxy) is 2. The Morgan fingerprint density at radius 2 is 1.96 bits per heavy atom. The zero-order valence-corrected chi connectivity index (χ0v) is 17.2. The van der Waals surface area contributed by atoms with Crippen LogP contribution in [-0.2, 0) is 4.74 Å². The van der Waals surface area contributed by atoms with Crippen molar-refractivity contribution in [3.63, 3.8) is 0 Å². The lowest BCUT2D eigenvalue weighted by Crippen LogP contribution is -2.35. The van der Waals surface area contributed by atoms with Crippen molar-refractivity contribution in [1.29, 1.82) is 0 Å². The molecule has 0 saturated carbocycles. The van der Waals surface area contributed by atoms with Gasteiger partial charge >= 0.3 is 6.09 Å². The standard InChI is InChI=1S/C19H26BrF2NO3/c1-5-14(25-17-15(21)9-13(20)10-16(17)22)8-12-6-7-23(11-12)18(24)26-19(2,3)4/h9-10,12,14H,5-8,11H2,1-4H3. The van der Waals surface area contributed by atoms with E-state index in [1.165, 1.54) is 12.1 Å². The lowest BCUT2D eigenvalue weighted by Gasteiger charge is -2.25. The molecule has 1 heterocycles. The van der Waals surface area contributed by atoms with E-state index in [0.29, 0.717) is 30.4 Å². The van der Waals surface area contributed by atoms with Gasteiger partial charge in [-0.3, -0.25) is 0 Å². The van der Waals surface area contributed by atoms with E-state index in [0.717, 1.165) is 6.42 Å². The second-order valence-electron chi connectivity index (χ2n) is 7.66. The van der Waals surface area contributed by atoms with Gasteiger partial charge < -0.3 is 14.4 Å². The topological polar surface area (TPSA) is 38.8 Å². The summed E-state index contributed by atoms with van der Waals surface area (Å²) < 4.78 is 39.3. The molecular weight excluding hydrogens is 408 g/mol. The van der Waals surface area contributed by atoms with Crippen LogP contribution in [0.15, 0.2) is 16.6 Å². The van der Waals surface area contributed by atoms with Gasteiger partial charge in [0.15, 0.2) is 17.4 Å². The van der Waals surface area contributed by atoms with Gasteiger partial charge in [-0.25, -0.2) is 13.6 Å². The molecule has 1 aromatic rings. The molecule has 2 rings (SSSR count). The maximum absolute atomic E-state index is 14.0. The van der Waals surface area contributed by atoms with Crippen LogP contribution in [0.3, 0.4) is 0 Å². The summed E-state index contributed by atoms with van der Waals surface area (Å²) in [6.45, 7) is 8.61. The van der Waals surface area contributed by atoms with Crippen molar-refractivity contribution in [1.82, 2.24) is 4.90 Å². The molecule has 0 aliphatic carbocycles. The molecule has 2 atom stereocenters. The number of carbonyl (C=O) groups excluding carboxylic acids is 1. The van der Waals surface area contributed by atoms with Crippen LogP contribution in [0.25, 0.3) is 0 Å². The number of carbonyl (C=O) groups is 1. The van der Waals surface area contributed by atoms with Gasteiger partial charge in [-0.05, 0) is 58.1 Å². The van der Waals surface area contributed by atoms with Crippen LogP contribution in [0.5, 0.6) is 5.75 Å². The molecule has 0 radical (unpaired) electrons. The summed E-state index contributed by atoms with van der Waals surface area (Å²) in [6.07, 6.45) is 1.44. The summed E-state index contributed by atoms with van der Waals surface area (Å²) >= 11 is 3.06. The fourth-order valence-electron chi connectivity index (χ4n) is 3.00. The molecule has 0 bridgehead atoms. The summed E-state index contributed by atoms with van der Waals surface area (Å²) in [5.41, 5.74) is -0.527. The highest BCUT2D eigenvalue weighted by molar-refractivity contribution is 9.10. The van der Waals surface area contributed by atoms with E-state index in [-0.39, 0.29) is 23.9 Å². The molecule has 0 aromatic heterocycles. The first-order valence-electron chi connectivity index (χ1n) is 8.88. The third-order valence-electron chi connectivity index (χ3n) is 4.24. The third-order valence-corrected chi connectivity index (χ3v) is 4.69. The molecule has 1 aromatic carbocycles. The van der Waals surface area contributed by atoms with Crippen LogP contribution in [-0.4, -0.2) is 35.8 Å². The molecule has 0 spiro atoms. The quantitative estimate of drug-likeness (QED) is 0.612. The molecule has 1 fully saturated rings. The molecular formula is C19H26BrF2NO3. The predicted molar refractivity (Wildman–Crippen MR) is 99.3 cm³/mol. The molecule has 4 nitrogen and oxygen atoms in total. The highest BCUT2D eigenvalue weighted by atomic mass is 79.9. The Balaban J connectivity index is 1.94. The second-order valence-corrected chi connectivity index (χ2v) is 8.58. The Labute approximate surface area is 162 Å². The average Bonchev–Trinajstić information content (AvgIpc) is 2.96. The average molecular weight is 434 g/mol. The van der Waals surface area contributed by atoms with Crippen LogP contribution in [0.2, 0.25) is 0 Å². The van der Waals surface area contributed by atoms with E-state index in [2.05, 4.69) is 15.9 Å². The van der Waals surface area contributed by atoms with Gasteiger partial charge in [0.1, 0.15) is 5.60 Å². The highest BCUT2D eigenvalue weighted by Gasteiger charge is 2.31. The molecule has 1 aliphatic heterocycles. The largest absolute Gasteiger partial charge is 0.484 e. The van der Waals surface area contributed by atoms with Crippen molar-refractivity contribution >= 4 is 22.0 Å². The molecule has 26 heavy (non-hydrogen) atoms. The highest BCUT2D eigenvalue weighted by Crippen LogP contribution is 2.30. The fraction of sp³-hybridized carbons (Fsp3) is 0.632. The third kappa shape index (κ3) is 5.83. The van der Waals surface area contributed by atoms with E-state index < -0.39 is 17.2 Å². The number of halogens is 3. The SMILES string of the molecule is CCC(CC1CCN(C(=O)OC(C)(C)C)C1)Oc1c(F)cc(Br)cc1F. The Bertz CT molecular complexity index is 625.